The summed E-state index contributed by atoms with van der Waals surface area (Å²) in [5.74, 6) is -1.35. The number of hydrogen-bond donors (Lipinski definition) is 2. The van der Waals surface area contributed by atoms with Gasteiger partial charge in [-0.05, 0) is 30.2 Å². The number of rotatable bonds is 10. The number of carboxylic acids is 1. The molecule has 0 aliphatic heterocycles. The Balaban J connectivity index is 2.59. The summed E-state index contributed by atoms with van der Waals surface area (Å²) in [5.41, 5.74) is 1.21. The number of aromatic carboxylic acids is 1. The Kier molecular flexibility index (Phi) is 8.17. The van der Waals surface area contributed by atoms with Crippen LogP contribution >= 0.6 is 0 Å². The zero-order valence-electron chi connectivity index (χ0n) is 13.1. The second-order valence-corrected chi connectivity index (χ2v) is 4.96. The molecule has 22 heavy (non-hydrogen) atoms. The Bertz CT molecular complexity index is 501. The van der Waals surface area contributed by atoms with Crippen LogP contribution in [0.1, 0.15) is 42.1 Å². The van der Waals surface area contributed by atoms with Crippen molar-refractivity contribution in [2.45, 2.75) is 32.8 Å². The molecule has 0 saturated carbocycles. The Morgan fingerprint density at radius 3 is 2.64 bits per heavy atom. The van der Waals surface area contributed by atoms with E-state index in [2.05, 4.69) is 12.2 Å². The van der Waals surface area contributed by atoms with Crippen molar-refractivity contribution in [2.24, 2.45) is 0 Å². The number of ether oxygens (including phenoxy) is 2. The first-order chi connectivity index (χ1) is 10.6. The van der Waals surface area contributed by atoms with Gasteiger partial charge >= 0.3 is 5.97 Å². The molecule has 1 aromatic rings. The Morgan fingerprint density at radius 2 is 2.00 bits per heavy atom. The lowest BCUT2D eigenvalue weighted by Gasteiger charge is -2.09. The van der Waals surface area contributed by atoms with Crippen LogP contribution in [-0.2, 0) is 20.9 Å². The fraction of sp³-hybridized carbons (Fsp3) is 0.500. The van der Waals surface area contributed by atoms with E-state index in [0.29, 0.717) is 17.9 Å². The van der Waals surface area contributed by atoms with E-state index in [9.17, 15) is 9.59 Å². The quantitative estimate of drug-likeness (QED) is 0.649. The fourth-order valence-corrected chi connectivity index (χ4v) is 1.95. The second-order valence-electron chi connectivity index (χ2n) is 4.96. The third kappa shape index (κ3) is 6.69. The van der Waals surface area contributed by atoms with Crippen molar-refractivity contribution in [3.8, 4) is 0 Å². The summed E-state index contributed by atoms with van der Waals surface area (Å²) < 4.78 is 10.3. The number of carbonyl (C=O) groups excluding carboxylic acids is 1. The number of methoxy groups -OCH3 is 1. The number of hydrogen-bond acceptors (Lipinski definition) is 4. The highest BCUT2D eigenvalue weighted by Gasteiger charge is 2.09. The molecule has 1 rings (SSSR count). The highest BCUT2D eigenvalue weighted by Crippen LogP contribution is 2.16. The standard InChI is InChI=1S/C16H23NO5/c1-3-4-5-6-22-11-15(18)17-14-8-12(10-21-2)7-13(9-14)16(19)20/h7-9H,3-6,10-11H2,1-2H3,(H,17,18)(H,19,20). The maximum absolute atomic E-state index is 11.8. The van der Waals surface area contributed by atoms with E-state index in [1.54, 1.807) is 6.07 Å². The molecule has 0 bridgehead atoms. The van der Waals surface area contributed by atoms with Crippen molar-refractivity contribution in [2.75, 3.05) is 25.6 Å². The maximum atomic E-state index is 11.8. The first-order valence-corrected chi connectivity index (χ1v) is 7.30. The number of carbonyl (C=O) groups is 2. The fourth-order valence-electron chi connectivity index (χ4n) is 1.95. The minimum atomic E-state index is -1.05. The van der Waals surface area contributed by atoms with Gasteiger partial charge in [0.25, 0.3) is 0 Å². The monoisotopic (exact) mass is 309 g/mol. The van der Waals surface area contributed by atoms with Crippen LogP contribution in [0.25, 0.3) is 0 Å². The summed E-state index contributed by atoms with van der Waals surface area (Å²) in [4.78, 5) is 22.9. The molecule has 122 valence electrons. The number of anilines is 1. The Morgan fingerprint density at radius 1 is 1.23 bits per heavy atom. The average Bonchev–Trinajstić information content (AvgIpc) is 2.47. The van der Waals surface area contributed by atoms with Crippen LogP contribution in [0.3, 0.4) is 0 Å². The largest absolute Gasteiger partial charge is 0.478 e. The van der Waals surface area contributed by atoms with Crippen molar-refractivity contribution < 1.29 is 24.2 Å². The summed E-state index contributed by atoms with van der Waals surface area (Å²) in [6.45, 7) is 2.88. The van der Waals surface area contributed by atoms with Crippen LogP contribution in [0.2, 0.25) is 0 Å². The number of amides is 1. The first-order valence-electron chi connectivity index (χ1n) is 7.30. The van der Waals surface area contributed by atoms with Gasteiger partial charge < -0.3 is 19.9 Å². The molecule has 6 nitrogen and oxygen atoms in total. The molecule has 0 spiro atoms. The van der Waals surface area contributed by atoms with Gasteiger partial charge in [-0.3, -0.25) is 4.79 Å². The van der Waals surface area contributed by atoms with Gasteiger partial charge in [-0.1, -0.05) is 19.8 Å². The van der Waals surface area contributed by atoms with Crippen molar-refractivity contribution >= 4 is 17.6 Å². The summed E-state index contributed by atoms with van der Waals surface area (Å²) in [6.07, 6.45) is 3.10. The third-order valence-electron chi connectivity index (χ3n) is 2.96. The smallest absolute Gasteiger partial charge is 0.335 e. The van der Waals surface area contributed by atoms with Crippen LogP contribution < -0.4 is 5.32 Å². The topological polar surface area (TPSA) is 84.9 Å². The lowest BCUT2D eigenvalue weighted by Crippen LogP contribution is -2.19. The van der Waals surface area contributed by atoms with Crippen LogP contribution in [-0.4, -0.2) is 37.3 Å². The van der Waals surface area contributed by atoms with E-state index in [-0.39, 0.29) is 24.7 Å². The summed E-state index contributed by atoms with van der Waals surface area (Å²) >= 11 is 0. The summed E-state index contributed by atoms with van der Waals surface area (Å²) in [5, 5.41) is 11.7. The van der Waals surface area contributed by atoms with Crippen molar-refractivity contribution in [3.63, 3.8) is 0 Å². The molecule has 0 unspecified atom stereocenters. The van der Waals surface area contributed by atoms with E-state index in [1.807, 2.05) is 0 Å². The van der Waals surface area contributed by atoms with Gasteiger partial charge in [-0.2, -0.15) is 0 Å². The SMILES string of the molecule is CCCCCOCC(=O)Nc1cc(COC)cc(C(=O)O)c1. The van der Waals surface area contributed by atoms with Crippen LogP contribution in [0.15, 0.2) is 18.2 Å². The third-order valence-corrected chi connectivity index (χ3v) is 2.96. The molecule has 0 aromatic heterocycles. The van der Waals surface area contributed by atoms with Gasteiger partial charge in [0, 0.05) is 19.4 Å². The molecular formula is C16H23NO5. The minimum Gasteiger partial charge on any atom is -0.478 e. The minimum absolute atomic E-state index is 0.0410. The molecule has 0 saturated heterocycles. The molecule has 0 aliphatic rings. The molecule has 0 heterocycles. The highest BCUT2D eigenvalue weighted by molar-refractivity contribution is 5.94. The van der Waals surface area contributed by atoms with Gasteiger partial charge in [0.2, 0.25) is 5.91 Å². The van der Waals surface area contributed by atoms with Gasteiger partial charge in [-0.15, -0.1) is 0 Å². The highest BCUT2D eigenvalue weighted by atomic mass is 16.5. The molecule has 2 N–H and O–H groups in total. The molecule has 0 radical (unpaired) electrons. The number of carboxylic acid groups (broad SMARTS) is 1. The van der Waals surface area contributed by atoms with E-state index in [4.69, 9.17) is 14.6 Å². The first kappa shape index (κ1) is 18.1. The molecular weight excluding hydrogens is 286 g/mol. The predicted octanol–water partition coefficient (Wildman–Crippen LogP) is 2.68. The zero-order valence-corrected chi connectivity index (χ0v) is 13.1. The zero-order chi connectivity index (χ0) is 16.4. The van der Waals surface area contributed by atoms with Crippen molar-refractivity contribution in [1.82, 2.24) is 0 Å². The van der Waals surface area contributed by atoms with Crippen molar-refractivity contribution in [1.29, 1.82) is 0 Å². The lowest BCUT2D eigenvalue weighted by atomic mass is 10.1. The molecule has 6 heteroatoms. The normalized spacial score (nSPS) is 10.5. The Hall–Kier alpha value is -1.92. The van der Waals surface area contributed by atoms with Crippen LogP contribution in [0.5, 0.6) is 0 Å². The predicted molar refractivity (Wildman–Crippen MR) is 83.1 cm³/mol. The second kappa shape index (κ2) is 9.92. The molecule has 1 aromatic carbocycles. The van der Waals surface area contributed by atoms with Crippen LogP contribution in [0, 0.1) is 0 Å². The number of unbranched alkanes of at least 4 members (excludes halogenated alkanes) is 2. The molecule has 0 aliphatic carbocycles. The number of nitrogens with one attached hydrogen (secondary N) is 1. The summed E-state index contributed by atoms with van der Waals surface area (Å²) in [7, 11) is 1.52. The average molecular weight is 309 g/mol. The maximum Gasteiger partial charge on any atom is 0.335 e. The summed E-state index contributed by atoms with van der Waals surface area (Å²) in [6, 6.07) is 4.62. The van der Waals surface area contributed by atoms with E-state index < -0.39 is 5.97 Å². The van der Waals surface area contributed by atoms with E-state index in [0.717, 1.165) is 19.3 Å². The van der Waals surface area contributed by atoms with E-state index >= 15 is 0 Å². The van der Waals surface area contributed by atoms with Gasteiger partial charge in [0.1, 0.15) is 6.61 Å². The molecule has 1 amide bonds. The molecule has 0 fully saturated rings. The van der Waals surface area contributed by atoms with Gasteiger partial charge in [0.05, 0.1) is 12.2 Å². The van der Waals surface area contributed by atoms with Gasteiger partial charge in [0.15, 0.2) is 0 Å². The van der Waals surface area contributed by atoms with Crippen LogP contribution in [0.4, 0.5) is 5.69 Å². The Labute approximate surface area is 130 Å². The van der Waals surface area contributed by atoms with Gasteiger partial charge in [-0.25, -0.2) is 4.79 Å². The van der Waals surface area contributed by atoms with E-state index in [1.165, 1.54) is 19.2 Å². The van der Waals surface area contributed by atoms with Crippen molar-refractivity contribution in [3.05, 3.63) is 29.3 Å². The number of benzene rings is 1. The molecule has 0 atom stereocenters. The lowest BCUT2D eigenvalue weighted by molar-refractivity contribution is -0.120.